The number of aliphatic hydroxyl groups is 1. The van der Waals surface area contributed by atoms with E-state index in [1.165, 1.54) is 22.3 Å². The molecule has 37 heavy (non-hydrogen) atoms. The maximum Gasteiger partial charge on any atom is 0.120 e. The molecule has 0 spiro atoms. The van der Waals surface area contributed by atoms with Gasteiger partial charge >= 0.3 is 0 Å². The molecule has 1 aliphatic rings. The maximum absolute atomic E-state index is 11.7. The zero-order valence-corrected chi connectivity index (χ0v) is 22.1. The van der Waals surface area contributed by atoms with Crippen molar-refractivity contribution in [1.29, 1.82) is 0 Å². The quantitative estimate of drug-likeness (QED) is 0.303. The van der Waals surface area contributed by atoms with E-state index < -0.39 is 5.60 Å². The van der Waals surface area contributed by atoms with Gasteiger partial charge in [0.2, 0.25) is 0 Å². The van der Waals surface area contributed by atoms with Crippen LogP contribution in [0, 0.1) is 6.92 Å². The average molecular weight is 515 g/mol. The molecule has 0 aliphatic carbocycles. The Kier molecular flexibility index (Phi) is 8.06. The van der Waals surface area contributed by atoms with Crippen molar-refractivity contribution in [3.05, 3.63) is 113 Å². The summed E-state index contributed by atoms with van der Waals surface area (Å²) in [6, 6.07) is 25.1. The molecule has 5 nitrogen and oxygen atoms in total. The number of halogens is 1. The van der Waals surface area contributed by atoms with Crippen LogP contribution in [0.1, 0.15) is 29.5 Å². The van der Waals surface area contributed by atoms with Crippen molar-refractivity contribution in [1.82, 2.24) is 19.8 Å². The number of likely N-dealkylation sites (tertiary alicyclic amines) is 1. The lowest BCUT2D eigenvalue weighted by atomic mass is 9.92. The van der Waals surface area contributed by atoms with Gasteiger partial charge in [0.15, 0.2) is 0 Å². The molecule has 4 aromatic rings. The number of rotatable bonds is 9. The Hall–Kier alpha value is -2.96. The molecule has 192 valence electrons. The van der Waals surface area contributed by atoms with E-state index in [9.17, 15) is 5.11 Å². The summed E-state index contributed by atoms with van der Waals surface area (Å²) >= 11 is 6.11. The third-order valence-corrected chi connectivity index (χ3v) is 7.83. The zero-order chi connectivity index (χ0) is 25.7. The number of piperidine rings is 1. The van der Waals surface area contributed by atoms with Gasteiger partial charge in [0.25, 0.3) is 0 Å². The molecule has 1 aliphatic heterocycles. The predicted octanol–water partition coefficient (Wildman–Crippen LogP) is 5.65. The molecular formula is C31H35ClN4O. The number of nitrogens with zero attached hydrogens (tertiary/aromatic N) is 3. The number of nitrogens with one attached hydrogen (secondary N) is 1. The summed E-state index contributed by atoms with van der Waals surface area (Å²) in [4.78, 5) is 6.69. The number of hydrogen-bond donors (Lipinski definition) is 2. The van der Waals surface area contributed by atoms with E-state index in [0.717, 1.165) is 38.0 Å². The monoisotopic (exact) mass is 514 g/mol. The lowest BCUT2D eigenvalue weighted by Gasteiger charge is -2.36. The van der Waals surface area contributed by atoms with Crippen LogP contribution >= 0.6 is 11.6 Å². The van der Waals surface area contributed by atoms with E-state index in [1.807, 2.05) is 35.0 Å². The third kappa shape index (κ3) is 6.31. The van der Waals surface area contributed by atoms with Crippen LogP contribution in [0.4, 0.5) is 0 Å². The van der Waals surface area contributed by atoms with Crippen LogP contribution < -0.4 is 5.32 Å². The maximum atomic E-state index is 11.7. The Morgan fingerprint density at radius 1 is 1.00 bits per heavy atom. The molecule has 1 aromatic heterocycles. The standard InChI is InChI=1S/C31H35ClN4O/c1-24-26(8-5-9-30(24)25-6-3-2-4-7-25)20-35-17-14-29(15-18-35)34-21-31(37,22-36-19-16-33-23-36)27-10-12-28(32)13-11-27/h2-13,16,19,23,29,34,37H,14-15,17-18,20-22H2,1H3. The summed E-state index contributed by atoms with van der Waals surface area (Å²) in [5, 5.41) is 16.0. The molecule has 0 amide bonds. The van der Waals surface area contributed by atoms with Gasteiger partial charge in [-0.1, -0.05) is 72.3 Å². The minimum atomic E-state index is -1.06. The van der Waals surface area contributed by atoms with Gasteiger partial charge < -0.3 is 15.0 Å². The van der Waals surface area contributed by atoms with Crippen LogP contribution in [-0.2, 0) is 18.7 Å². The Morgan fingerprint density at radius 2 is 1.76 bits per heavy atom. The van der Waals surface area contributed by atoms with Crippen molar-refractivity contribution in [2.24, 2.45) is 0 Å². The number of benzene rings is 3. The summed E-state index contributed by atoms with van der Waals surface area (Å²) < 4.78 is 1.92. The Morgan fingerprint density at radius 3 is 2.46 bits per heavy atom. The minimum Gasteiger partial charge on any atom is -0.382 e. The fourth-order valence-electron chi connectivity index (χ4n) is 5.33. The SMILES string of the molecule is Cc1c(CN2CCC(NCC(O)(Cn3ccnc3)c3ccc(Cl)cc3)CC2)cccc1-c1ccccc1. The van der Waals surface area contributed by atoms with Crippen molar-refractivity contribution in [3.8, 4) is 11.1 Å². The van der Waals surface area contributed by atoms with E-state index in [1.54, 1.807) is 12.5 Å². The molecule has 6 heteroatoms. The zero-order valence-electron chi connectivity index (χ0n) is 21.4. The van der Waals surface area contributed by atoms with Gasteiger partial charge in [-0.2, -0.15) is 0 Å². The minimum absolute atomic E-state index is 0.370. The fourth-order valence-corrected chi connectivity index (χ4v) is 5.45. The van der Waals surface area contributed by atoms with Gasteiger partial charge in [-0.15, -0.1) is 0 Å². The van der Waals surface area contributed by atoms with Crippen molar-refractivity contribution in [3.63, 3.8) is 0 Å². The molecule has 2 heterocycles. The highest BCUT2D eigenvalue weighted by atomic mass is 35.5. The molecule has 1 atom stereocenters. The number of imidazole rings is 1. The Balaban J connectivity index is 1.19. The van der Waals surface area contributed by atoms with E-state index in [2.05, 4.69) is 70.7 Å². The molecular weight excluding hydrogens is 480 g/mol. The van der Waals surface area contributed by atoms with Gasteiger partial charge in [0, 0.05) is 36.5 Å². The summed E-state index contributed by atoms with van der Waals surface area (Å²) in [7, 11) is 0. The highest BCUT2D eigenvalue weighted by Crippen LogP contribution is 2.28. The second kappa shape index (κ2) is 11.6. The van der Waals surface area contributed by atoms with E-state index >= 15 is 0 Å². The molecule has 0 bridgehead atoms. The van der Waals surface area contributed by atoms with Crippen LogP contribution in [0.15, 0.2) is 91.5 Å². The van der Waals surface area contributed by atoms with E-state index in [4.69, 9.17) is 11.6 Å². The van der Waals surface area contributed by atoms with Crippen LogP contribution in [0.2, 0.25) is 5.02 Å². The van der Waals surface area contributed by atoms with Crippen LogP contribution in [0.25, 0.3) is 11.1 Å². The van der Waals surface area contributed by atoms with Crippen LogP contribution in [0.5, 0.6) is 0 Å². The smallest absolute Gasteiger partial charge is 0.120 e. The predicted molar refractivity (Wildman–Crippen MR) is 150 cm³/mol. The van der Waals surface area contributed by atoms with Crippen LogP contribution in [-0.4, -0.2) is 45.2 Å². The summed E-state index contributed by atoms with van der Waals surface area (Å²) in [6.45, 7) is 6.17. The molecule has 5 rings (SSSR count). The summed E-state index contributed by atoms with van der Waals surface area (Å²) in [5.41, 5.74) is 5.14. The Labute approximate surface area is 224 Å². The lowest BCUT2D eigenvalue weighted by molar-refractivity contribution is 0.0137. The largest absolute Gasteiger partial charge is 0.382 e. The van der Waals surface area contributed by atoms with Gasteiger partial charge in [-0.05, 0) is 72.8 Å². The molecule has 2 N–H and O–H groups in total. The molecule has 0 radical (unpaired) electrons. The van der Waals surface area contributed by atoms with E-state index in [-0.39, 0.29) is 0 Å². The van der Waals surface area contributed by atoms with Crippen LogP contribution in [0.3, 0.4) is 0 Å². The summed E-state index contributed by atoms with van der Waals surface area (Å²) in [5.74, 6) is 0. The number of aromatic nitrogens is 2. The molecule has 1 unspecified atom stereocenters. The van der Waals surface area contributed by atoms with Crippen molar-refractivity contribution in [2.75, 3.05) is 19.6 Å². The van der Waals surface area contributed by atoms with Gasteiger partial charge in [0.1, 0.15) is 5.60 Å². The molecule has 1 saturated heterocycles. The van der Waals surface area contributed by atoms with Gasteiger partial charge in [-0.25, -0.2) is 4.98 Å². The second-order valence-electron chi connectivity index (χ2n) is 10.2. The second-order valence-corrected chi connectivity index (χ2v) is 10.6. The first-order valence-electron chi connectivity index (χ1n) is 13.0. The van der Waals surface area contributed by atoms with E-state index in [0.29, 0.717) is 24.2 Å². The lowest BCUT2D eigenvalue weighted by Crippen LogP contribution is -2.48. The topological polar surface area (TPSA) is 53.3 Å². The molecule has 0 saturated carbocycles. The van der Waals surface area contributed by atoms with Crippen molar-refractivity contribution >= 4 is 11.6 Å². The molecule has 3 aromatic carbocycles. The summed E-state index contributed by atoms with van der Waals surface area (Å²) in [6.07, 6.45) is 7.48. The normalized spacial score (nSPS) is 16.5. The van der Waals surface area contributed by atoms with Gasteiger partial charge in [-0.3, -0.25) is 4.90 Å². The first kappa shape index (κ1) is 25.7. The molecule has 1 fully saturated rings. The fraction of sp³-hybridized carbons (Fsp3) is 0.323. The average Bonchev–Trinajstić information content (AvgIpc) is 3.43. The first-order valence-corrected chi connectivity index (χ1v) is 13.4. The van der Waals surface area contributed by atoms with Crippen molar-refractivity contribution in [2.45, 2.75) is 44.5 Å². The Bertz CT molecular complexity index is 1270. The highest BCUT2D eigenvalue weighted by molar-refractivity contribution is 6.30. The third-order valence-electron chi connectivity index (χ3n) is 7.58. The van der Waals surface area contributed by atoms with Crippen molar-refractivity contribution < 1.29 is 5.11 Å². The first-order chi connectivity index (χ1) is 18.0. The highest BCUT2D eigenvalue weighted by Gasteiger charge is 2.31. The van der Waals surface area contributed by atoms with Gasteiger partial charge in [0.05, 0.1) is 12.9 Å². The number of hydrogen-bond acceptors (Lipinski definition) is 4.